The highest BCUT2D eigenvalue weighted by Crippen LogP contribution is 2.32. The minimum atomic E-state index is -1.91. The Kier molecular flexibility index (Phi) is 5.36. The first-order valence-corrected chi connectivity index (χ1v) is 7.68. The molecule has 0 radical (unpaired) electrons. The summed E-state index contributed by atoms with van der Waals surface area (Å²) in [4.78, 5) is 14.1. The first kappa shape index (κ1) is 15.7. The summed E-state index contributed by atoms with van der Waals surface area (Å²) >= 11 is 17.4. The van der Waals surface area contributed by atoms with Crippen molar-refractivity contribution in [2.45, 2.75) is 35.6 Å². The topological polar surface area (TPSA) is 20.3 Å². The number of carbonyl (C=O) groups excluding carboxylic acids is 1. The highest BCUT2D eigenvalue weighted by atomic mass is 35.6. The second-order valence-corrected chi connectivity index (χ2v) is 7.14. The Balaban J connectivity index is 2.19. The van der Waals surface area contributed by atoms with Crippen molar-refractivity contribution in [2.75, 3.05) is 0 Å². The molecule has 0 heterocycles. The zero-order valence-electron chi connectivity index (χ0n) is 10.9. The molecule has 0 bridgehead atoms. The molecule has 1 aromatic carbocycles. The van der Waals surface area contributed by atoms with Crippen LogP contribution in [0.5, 0.6) is 0 Å². The predicted molar refractivity (Wildman–Crippen MR) is 84.1 cm³/mol. The summed E-state index contributed by atoms with van der Waals surface area (Å²) in [6, 6.07) is 9.84. The van der Waals surface area contributed by atoms with Crippen LogP contribution in [0.2, 0.25) is 0 Å². The van der Waals surface area contributed by atoms with Crippen molar-refractivity contribution in [1.82, 2.24) is 4.90 Å². The van der Waals surface area contributed by atoms with Gasteiger partial charge in [-0.1, -0.05) is 77.3 Å². The summed E-state index contributed by atoms with van der Waals surface area (Å²) in [6.07, 6.45) is 6.85. The molecular weight excluding hydrogens is 317 g/mol. The average Bonchev–Trinajstić information content (AvgIpc) is 2.45. The third-order valence-electron chi connectivity index (χ3n) is 3.38. The molecule has 5 heteroatoms. The lowest BCUT2D eigenvalue weighted by atomic mass is 9.99. The van der Waals surface area contributed by atoms with Crippen molar-refractivity contribution in [1.29, 1.82) is 0 Å². The molecule has 0 aromatic heterocycles. The second-order valence-electron chi connectivity index (χ2n) is 4.85. The van der Waals surface area contributed by atoms with E-state index in [1.807, 2.05) is 30.3 Å². The Morgan fingerprint density at radius 3 is 2.45 bits per heavy atom. The van der Waals surface area contributed by atoms with Gasteiger partial charge in [-0.15, -0.1) is 0 Å². The maximum absolute atomic E-state index is 12.4. The lowest BCUT2D eigenvalue weighted by molar-refractivity contribution is -0.133. The van der Waals surface area contributed by atoms with Crippen LogP contribution in [0, 0.1) is 0 Å². The highest BCUT2D eigenvalue weighted by Gasteiger charge is 2.38. The molecule has 1 aromatic rings. The van der Waals surface area contributed by atoms with Gasteiger partial charge in [-0.2, -0.15) is 0 Å². The molecule has 20 heavy (non-hydrogen) atoms. The van der Waals surface area contributed by atoms with Crippen LogP contribution >= 0.6 is 34.8 Å². The Morgan fingerprint density at radius 2 is 1.90 bits per heavy atom. The molecule has 1 aliphatic carbocycles. The van der Waals surface area contributed by atoms with E-state index >= 15 is 0 Å². The van der Waals surface area contributed by atoms with E-state index in [9.17, 15) is 4.79 Å². The van der Waals surface area contributed by atoms with Gasteiger partial charge in [-0.3, -0.25) is 4.79 Å². The molecule has 2 rings (SSSR count). The Labute approximate surface area is 134 Å². The maximum Gasteiger partial charge on any atom is 0.275 e. The zero-order valence-corrected chi connectivity index (χ0v) is 13.2. The van der Waals surface area contributed by atoms with Gasteiger partial charge in [0.2, 0.25) is 0 Å². The standard InChI is InChI=1S/C15H16Cl3NO/c16-15(17,18)14(20)19(13-9-5-2-6-10-13)11-12-7-3-1-4-8-12/h1-5,7-8,13H,6,9-11H2/t13-/m0/s1. The molecule has 0 aliphatic heterocycles. The summed E-state index contributed by atoms with van der Waals surface area (Å²) in [5, 5.41) is 0. The Bertz CT molecular complexity index is 482. The minimum absolute atomic E-state index is 0.0864. The first-order valence-electron chi connectivity index (χ1n) is 6.55. The number of hydrogen-bond acceptors (Lipinski definition) is 1. The van der Waals surface area contributed by atoms with E-state index in [0.29, 0.717) is 6.54 Å². The first-order chi connectivity index (χ1) is 9.48. The number of carbonyl (C=O) groups is 1. The van der Waals surface area contributed by atoms with E-state index in [0.717, 1.165) is 24.8 Å². The van der Waals surface area contributed by atoms with Crippen molar-refractivity contribution in [3.8, 4) is 0 Å². The van der Waals surface area contributed by atoms with Gasteiger partial charge in [0.15, 0.2) is 0 Å². The van der Waals surface area contributed by atoms with Crippen molar-refractivity contribution >= 4 is 40.7 Å². The number of hydrogen-bond donors (Lipinski definition) is 0. The number of rotatable bonds is 3. The van der Waals surface area contributed by atoms with E-state index in [-0.39, 0.29) is 6.04 Å². The molecule has 1 atom stereocenters. The summed E-state index contributed by atoms with van der Waals surface area (Å²) in [7, 11) is 0. The van der Waals surface area contributed by atoms with Gasteiger partial charge in [0.25, 0.3) is 9.70 Å². The van der Waals surface area contributed by atoms with Crippen molar-refractivity contribution in [2.24, 2.45) is 0 Å². The third-order valence-corrected chi connectivity index (χ3v) is 3.87. The predicted octanol–water partition coefficient (Wildman–Crippen LogP) is 4.49. The summed E-state index contributed by atoms with van der Waals surface area (Å²) in [6.45, 7) is 0.464. The van der Waals surface area contributed by atoms with Crippen LogP contribution in [0.15, 0.2) is 42.5 Å². The van der Waals surface area contributed by atoms with Crippen LogP contribution in [0.3, 0.4) is 0 Å². The molecule has 0 spiro atoms. The summed E-state index contributed by atoms with van der Waals surface area (Å²) in [5.41, 5.74) is 1.03. The number of allylic oxidation sites excluding steroid dienone is 1. The molecule has 0 unspecified atom stereocenters. The van der Waals surface area contributed by atoms with Crippen LogP contribution in [-0.4, -0.2) is 20.6 Å². The lowest BCUT2D eigenvalue weighted by Crippen LogP contribution is -2.45. The second kappa shape index (κ2) is 6.84. The fourth-order valence-electron chi connectivity index (χ4n) is 2.37. The van der Waals surface area contributed by atoms with E-state index < -0.39 is 9.70 Å². The van der Waals surface area contributed by atoms with Gasteiger partial charge in [0, 0.05) is 12.6 Å². The van der Waals surface area contributed by atoms with Gasteiger partial charge in [-0.05, 0) is 24.8 Å². The third kappa shape index (κ3) is 4.15. The summed E-state index contributed by atoms with van der Waals surface area (Å²) < 4.78 is -1.91. The maximum atomic E-state index is 12.4. The number of alkyl halides is 3. The van der Waals surface area contributed by atoms with E-state index in [4.69, 9.17) is 34.8 Å². The van der Waals surface area contributed by atoms with Crippen LogP contribution < -0.4 is 0 Å². The Hall–Kier alpha value is -0.700. The SMILES string of the molecule is O=C(N(Cc1ccccc1)[C@H]1CC=CCC1)C(Cl)(Cl)Cl. The van der Waals surface area contributed by atoms with E-state index in [2.05, 4.69) is 12.2 Å². The number of halogens is 3. The summed E-state index contributed by atoms with van der Waals surface area (Å²) in [5.74, 6) is -0.452. The fourth-order valence-corrected chi connectivity index (χ4v) is 2.70. The Morgan fingerprint density at radius 1 is 1.20 bits per heavy atom. The molecular formula is C15H16Cl3NO. The van der Waals surface area contributed by atoms with Gasteiger partial charge in [-0.25, -0.2) is 0 Å². The molecule has 0 saturated carbocycles. The molecule has 0 saturated heterocycles. The molecule has 1 amide bonds. The zero-order chi connectivity index (χ0) is 14.6. The van der Waals surface area contributed by atoms with Gasteiger partial charge in [0.1, 0.15) is 0 Å². The molecule has 0 N–H and O–H groups in total. The lowest BCUT2D eigenvalue weighted by Gasteiger charge is -2.34. The van der Waals surface area contributed by atoms with Gasteiger partial charge >= 0.3 is 0 Å². The van der Waals surface area contributed by atoms with Crippen LogP contribution in [-0.2, 0) is 11.3 Å². The number of amides is 1. The van der Waals surface area contributed by atoms with Gasteiger partial charge in [0.05, 0.1) is 0 Å². The average molecular weight is 333 g/mol. The van der Waals surface area contributed by atoms with E-state index in [1.54, 1.807) is 4.90 Å². The largest absolute Gasteiger partial charge is 0.331 e. The smallest absolute Gasteiger partial charge is 0.275 e. The van der Waals surface area contributed by atoms with Crippen LogP contribution in [0.25, 0.3) is 0 Å². The van der Waals surface area contributed by atoms with Crippen LogP contribution in [0.1, 0.15) is 24.8 Å². The normalized spacial score (nSPS) is 18.9. The van der Waals surface area contributed by atoms with Crippen LogP contribution in [0.4, 0.5) is 0 Å². The van der Waals surface area contributed by atoms with Crippen molar-refractivity contribution in [3.05, 3.63) is 48.0 Å². The fraction of sp³-hybridized carbons (Fsp3) is 0.400. The van der Waals surface area contributed by atoms with Crippen molar-refractivity contribution in [3.63, 3.8) is 0 Å². The molecule has 0 fully saturated rings. The van der Waals surface area contributed by atoms with Crippen molar-refractivity contribution < 1.29 is 4.79 Å². The van der Waals surface area contributed by atoms with Gasteiger partial charge < -0.3 is 4.90 Å². The quantitative estimate of drug-likeness (QED) is 0.590. The molecule has 2 nitrogen and oxygen atoms in total. The highest BCUT2D eigenvalue weighted by molar-refractivity contribution is 6.76. The number of nitrogens with zero attached hydrogens (tertiary/aromatic N) is 1. The molecule has 1 aliphatic rings. The molecule has 108 valence electrons. The minimum Gasteiger partial charge on any atom is -0.331 e. The monoisotopic (exact) mass is 331 g/mol. The van der Waals surface area contributed by atoms with E-state index in [1.165, 1.54) is 0 Å². The number of benzene rings is 1.